The number of benzene rings is 1. The van der Waals surface area contributed by atoms with Crippen LogP contribution >= 0.6 is 23.2 Å². The normalized spacial score (nSPS) is 14.4. The van der Waals surface area contributed by atoms with Crippen LogP contribution in [0.1, 0.15) is 12.0 Å². The third-order valence-corrected chi connectivity index (χ3v) is 4.88. The minimum Gasteiger partial charge on any atom is -0.378 e. The Bertz CT molecular complexity index is 732. The average molecular weight is 380 g/mol. The molecule has 0 unspecified atom stereocenters. The van der Waals surface area contributed by atoms with E-state index in [1.54, 1.807) is 12.3 Å². The number of halogens is 2. The van der Waals surface area contributed by atoms with Crippen LogP contribution in [0.3, 0.4) is 0 Å². The van der Waals surface area contributed by atoms with Crippen molar-refractivity contribution in [3.63, 3.8) is 0 Å². The molecular formula is C18H19Cl2N3O2. The largest absolute Gasteiger partial charge is 0.378 e. The molecule has 132 valence electrons. The molecule has 1 N–H and O–H groups in total. The van der Waals surface area contributed by atoms with Crippen molar-refractivity contribution in [1.82, 2.24) is 4.98 Å². The molecule has 0 atom stereocenters. The molecule has 0 aliphatic carbocycles. The molecule has 2 heterocycles. The summed E-state index contributed by atoms with van der Waals surface area (Å²) in [5.41, 5.74) is 1.55. The van der Waals surface area contributed by atoms with Gasteiger partial charge in [-0.3, -0.25) is 4.79 Å². The number of hydrogen-bond donors (Lipinski definition) is 1. The van der Waals surface area contributed by atoms with Crippen LogP contribution in [0.4, 0.5) is 11.5 Å². The summed E-state index contributed by atoms with van der Waals surface area (Å²) in [6, 6.07) is 9.21. The van der Waals surface area contributed by atoms with Gasteiger partial charge in [0.1, 0.15) is 5.82 Å². The Morgan fingerprint density at radius 3 is 2.72 bits per heavy atom. The molecule has 0 spiro atoms. The lowest BCUT2D eigenvalue weighted by atomic mass is 10.1. The number of anilines is 2. The fourth-order valence-corrected chi connectivity index (χ4v) is 3.07. The van der Waals surface area contributed by atoms with Gasteiger partial charge in [-0.15, -0.1) is 0 Å². The SMILES string of the molecule is O=C(CCc1cccc(Cl)c1Cl)Nc1ccc(N2CCOCC2)nc1. The number of rotatable bonds is 5. The van der Waals surface area contributed by atoms with Gasteiger partial charge >= 0.3 is 0 Å². The molecule has 0 bridgehead atoms. The van der Waals surface area contributed by atoms with E-state index in [-0.39, 0.29) is 5.91 Å². The van der Waals surface area contributed by atoms with Crippen LogP contribution in [0.2, 0.25) is 10.0 Å². The number of aromatic nitrogens is 1. The van der Waals surface area contributed by atoms with Crippen molar-refractivity contribution in [2.24, 2.45) is 0 Å². The highest BCUT2D eigenvalue weighted by molar-refractivity contribution is 6.42. The summed E-state index contributed by atoms with van der Waals surface area (Å²) < 4.78 is 5.33. The Kier molecular flexibility index (Phi) is 6.13. The number of carbonyl (C=O) groups excluding carboxylic acids is 1. The van der Waals surface area contributed by atoms with Gasteiger partial charge in [0.05, 0.1) is 35.1 Å². The first kappa shape index (κ1) is 18.0. The van der Waals surface area contributed by atoms with E-state index in [9.17, 15) is 4.79 Å². The quantitative estimate of drug-likeness (QED) is 0.858. The Morgan fingerprint density at radius 1 is 1.20 bits per heavy atom. The molecule has 25 heavy (non-hydrogen) atoms. The van der Waals surface area contributed by atoms with Crippen molar-refractivity contribution in [2.75, 3.05) is 36.5 Å². The van der Waals surface area contributed by atoms with Crippen LogP contribution in [-0.4, -0.2) is 37.2 Å². The molecule has 1 aliphatic heterocycles. The molecular weight excluding hydrogens is 361 g/mol. The molecule has 1 aliphatic rings. The second-order valence-electron chi connectivity index (χ2n) is 5.77. The molecule has 1 aromatic heterocycles. The second-order valence-corrected chi connectivity index (χ2v) is 6.55. The highest BCUT2D eigenvalue weighted by atomic mass is 35.5. The summed E-state index contributed by atoms with van der Waals surface area (Å²) >= 11 is 12.1. The van der Waals surface area contributed by atoms with Gasteiger partial charge in [-0.25, -0.2) is 4.98 Å². The Hall–Kier alpha value is -1.82. The van der Waals surface area contributed by atoms with E-state index in [0.717, 1.165) is 24.5 Å². The van der Waals surface area contributed by atoms with Crippen molar-refractivity contribution < 1.29 is 9.53 Å². The molecule has 7 heteroatoms. The zero-order valence-electron chi connectivity index (χ0n) is 13.7. The Morgan fingerprint density at radius 2 is 2.00 bits per heavy atom. The van der Waals surface area contributed by atoms with Gasteiger partial charge in [-0.05, 0) is 30.2 Å². The number of nitrogens with one attached hydrogen (secondary N) is 1. The van der Waals surface area contributed by atoms with Crippen molar-refractivity contribution in [3.8, 4) is 0 Å². The number of ether oxygens (including phenoxy) is 1. The zero-order chi connectivity index (χ0) is 17.6. The van der Waals surface area contributed by atoms with Crippen LogP contribution in [0.5, 0.6) is 0 Å². The lowest BCUT2D eigenvalue weighted by Crippen LogP contribution is -2.36. The Balaban J connectivity index is 1.53. The van der Waals surface area contributed by atoms with E-state index < -0.39 is 0 Å². The van der Waals surface area contributed by atoms with E-state index in [4.69, 9.17) is 27.9 Å². The number of pyridine rings is 1. The number of amides is 1. The van der Waals surface area contributed by atoms with E-state index in [0.29, 0.717) is 41.8 Å². The summed E-state index contributed by atoms with van der Waals surface area (Å²) in [6.45, 7) is 3.09. The molecule has 3 rings (SSSR count). The van der Waals surface area contributed by atoms with Crippen LogP contribution in [-0.2, 0) is 16.0 Å². The predicted octanol–water partition coefficient (Wildman–Crippen LogP) is 3.80. The maximum absolute atomic E-state index is 12.1. The standard InChI is InChI=1S/C18H19Cl2N3O2/c19-15-3-1-2-13(18(15)20)4-7-17(24)22-14-5-6-16(21-12-14)23-8-10-25-11-9-23/h1-3,5-6,12H,4,7-11H2,(H,22,24). The van der Waals surface area contributed by atoms with Gasteiger partial charge in [0, 0.05) is 19.5 Å². The first-order chi connectivity index (χ1) is 12.1. The van der Waals surface area contributed by atoms with Crippen molar-refractivity contribution in [2.45, 2.75) is 12.8 Å². The highest BCUT2D eigenvalue weighted by Gasteiger charge is 2.12. The zero-order valence-corrected chi connectivity index (χ0v) is 15.2. The van der Waals surface area contributed by atoms with Crippen molar-refractivity contribution >= 4 is 40.6 Å². The summed E-state index contributed by atoms with van der Waals surface area (Å²) in [4.78, 5) is 18.7. The predicted molar refractivity (Wildman–Crippen MR) is 101 cm³/mol. The van der Waals surface area contributed by atoms with Crippen LogP contribution < -0.4 is 10.2 Å². The first-order valence-electron chi connectivity index (χ1n) is 8.15. The van der Waals surface area contributed by atoms with Crippen molar-refractivity contribution in [3.05, 3.63) is 52.1 Å². The minimum absolute atomic E-state index is 0.0861. The third kappa shape index (κ3) is 4.84. The highest BCUT2D eigenvalue weighted by Crippen LogP contribution is 2.26. The van der Waals surface area contributed by atoms with Gasteiger partial charge in [-0.1, -0.05) is 35.3 Å². The Labute approximate surface area is 156 Å². The molecule has 1 amide bonds. The van der Waals surface area contributed by atoms with Gasteiger partial charge in [0.2, 0.25) is 5.91 Å². The number of morpholine rings is 1. The number of nitrogens with zero attached hydrogens (tertiary/aromatic N) is 2. The molecule has 5 nitrogen and oxygen atoms in total. The number of hydrogen-bond acceptors (Lipinski definition) is 4. The monoisotopic (exact) mass is 379 g/mol. The van der Waals surface area contributed by atoms with Crippen molar-refractivity contribution in [1.29, 1.82) is 0 Å². The number of aryl methyl sites for hydroxylation is 1. The van der Waals surface area contributed by atoms with Gasteiger partial charge in [0.25, 0.3) is 0 Å². The molecule has 0 saturated carbocycles. The van der Waals surface area contributed by atoms with Gasteiger partial charge in [-0.2, -0.15) is 0 Å². The fourth-order valence-electron chi connectivity index (χ4n) is 2.65. The maximum Gasteiger partial charge on any atom is 0.224 e. The molecule has 1 fully saturated rings. The van der Waals surface area contributed by atoms with E-state index in [1.807, 2.05) is 24.3 Å². The summed E-state index contributed by atoms with van der Waals surface area (Å²) in [5.74, 6) is 0.809. The lowest BCUT2D eigenvalue weighted by molar-refractivity contribution is -0.116. The van der Waals surface area contributed by atoms with Crippen LogP contribution in [0, 0.1) is 0 Å². The number of carbonyl (C=O) groups is 1. The van der Waals surface area contributed by atoms with Gasteiger partial charge < -0.3 is 15.0 Å². The summed E-state index contributed by atoms with van der Waals surface area (Å²) in [5, 5.41) is 3.87. The smallest absolute Gasteiger partial charge is 0.224 e. The summed E-state index contributed by atoms with van der Waals surface area (Å²) in [6.07, 6.45) is 2.53. The van der Waals surface area contributed by atoms with Crippen LogP contribution in [0.25, 0.3) is 0 Å². The average Bonchev–Trinajstić information content (AvgIpc) is 2.64. The summed E-state index contributed by atoms with van der Waals surface area (Å²) in [7, 11) is 0. The minimum atomic E-state index is -0.0861. The molecule has 1 saturated heterocycles. The maximum atomic E-state index is 12.1. The van der Waals surface area contributed by atoms with Crippen LogP contribution in [0.15, 0.2) is 36.5 Å². The lowest BCUT2D eigenvalue weighted by Gasteiger charge is -2.27. The topological polar surface area (TPSA) is 54.5 Å². The second kappa shape index (κ2) is 8.52. The first-order valence-corrected chi connectivity index (χ1v) is 8.90. The molecule has 1 aromatic carbocycles. The molecule has 0 radical (unpaired) electrons. The van der Waals surface area contributed by atoms with E-state index >= 15 is 0 Å². The van der Waals surface area contributed by atoms with Gasteiger partial charge in [0.15, 0.2) is 0 Å². The fraction of sp³-hybridized carbons (Fsp3) is 0.333. The third-order valence-electron chi connectivity index (χ3n) is 4.02. The van der Waals surface area contributed by atoms with E-state index in [1.165, 1.54) is 0 Å². The van der Waals surface area contributed by atoms with E-state index in [2.05, 4.69) is 15.2 Å². The molecule has 2 aromatic rings.